The van der Waals surface area contributed by atoms with Gasteiger partial charge in [0, 0.05) is 26.0 Å². The van der Waals surface area contributed by atoms with E-state index >= 15 is 0 Å². The Morgan fingerprint density at radius 1 is 1.44 bits per heavy atom. The van der Waals surface area contributed by atoms with E-state index < -0.39 is 0 Å². The number of nitrogens with zero attached hydrogens (tertiary/aromatic N) is 3. The monoisotopic (exact) mass is 241 g/mol. The number of anilines is 1. The third-order valence-electron chi connectivity index (χ3n) is 2.89. The summed E-state index contributed by atoms with van der Waals surface area (Å²) in [6.07, 6.45) is 6.83. The molecular formula is C11H16ClN3O. The SMILES string of the molecule is COC[C@H]1CCCCN1c1nccnc1Cl. The zero-order valence-corrected chi connectivity index (χ0v) is 10.2. The van der Waals surface area contributed by atoms with Crippen molar-refractivity contribution in [3.05, 3.63) is 17.5 Å². The van der Waals surface area contributed by atoms with E-state index in [0.717, 1.165) is 18.8 Å². The van der Waals surface area contributed by atoms with E-state index in [4.69, 9.17) is 16.3 Å². The number of piperidine rings is 1. The zero-order chi connectivity index (χ0) is 11.4. The van der Waals surface area contributed by atoms with Crippen molar-refractivity contribution in [1.82, 2.24) is 9.97 Å². The first-order valence-corrected chi connectivity index (χ1v) is 5.93. The van der Waals surface area contributed by atoms with Gasteiger partial charge in [-0.1, -0.05) is 11.6 Å². The Balaban J connectivity index is 2.19. The molecule has 0 unspecified atom stereocenters. The molecule has 1 saturated heterocycles. The van der Waals surface area contributed by atoms with E-state index in [-0.39, 0.29) is 0 Å². The van der Waals surface area contributed by atoms with Gasteiger partial charge in [0.2, 0.25) is 0 Å². The van der Waals surface area contributed by atoms with Gasteiger partial charge in [0.05, 0.1) is 12.6 Å². The number of rotatable bonds is 3. The molecule has 2 rings (SSSR count). The minimum atomic E-state index is 0.368. The second kappa shape index (κ2) is 5.46. The maximum absolute atomic E-state index is 6.07. The van der Waals surface area contributed by atoms with E-state index in [9.17, 15) is 0 Å². The molecule has 0 N–H and O–H groups in total. The van der Waals surface area contributed by atoms with Crippen LogP contribution in [0.3, 0.4) is 0 Å². The molecule has 1 aliphatic heterocycles. The van der Waals surface area contributed by atoms with Crippen molar-refractivity contribution in [2.45, 2.75) is 25.3 Å². The van der Waals surface area contributed by atoms with Crippen molar-refractivity contribution >= 4 is 17.4 Å². The van der Waals surface area contributed by atoms with Crippen LogP contribution in [-0.2, 0) is 4.74 Å². The third-order valence-corrected chi connectivity index (χ3v) is 3.16. The molecule has 88 valence electrons. The van der Waals surface area contributed by atoms with Crippen LogP contribution in [-0.4, -0.2) is 36.3 Å². The number of hydrogen-bond donors (Lipinski definition) is 0. The molecule has 0 bridgehead atoms. The molecule has 1 aliphatic rings. The maximum Gasteiger partial charge on any atom is 0.171 e. The summed E-state index contributed by atoms with van der Waals surface area (Å²) in [6.45, 7) is 1.69. The molecule has 5 heteroatoms. The summed E-state index contributed by atoms with van der Waals surface area (Å²) in [6, 6.07) is 0.368. The Morgan fingerprint density at radius 3 is 3.00 bits per heavy atom. The van der Waals surface area contributed by atoms with Gasteiger partial charge in [-0.15, -0.1) is 0 Å². The number of ether oxygens (including phenoxy) is 1. The molecule has 1 atom stereocenters. The quantitative estimate of drug-likeness (QED) is 0.813. The van der Waals surface area contributed by atoms with Crippen molar-refractivity contribution in [2.24, 2.45) is 0 Å². The molecule has 0 spiro atoms. The fourth-order valence-electron chi connectivity index (χ4n) is 2.15. The number of aromatic nitrogens is 2. The van der Waals surface area contributed by atoms with Gasteiger partial charge in [-0.25, -0.2) is 9.97 Å². The number of methoxy groups -OCH3 is 1. The first kappa shape index (κ1) is 11.6. The molecule has 0 saturated carbocycles. The van der Waals surface area contributed by atoms with E-state index in [1.807, 2.05) is 0 Å². The van der Waals surface area contributed by atoms with Crippen LogP contribution >= 0.6 is 11.6 Å². The largest absolute Gasteiger partial charge is 0.383 e. The van der Waals surface area contributed by atoms with Gasteiger partial charge in [0.1, 0.15) is 0 Å². The molecule has 0 aromatic carbocycles. The second-order valence-electron chi connectivity index (χ2n) is 3.97. The van der Waals surface area contributed by atoms with Crippen LogP contribution < -0.4 is 4.90 Å². The van der Waals surface area contributed by atoms with Crippen LogP contribution in [0, 0.1) is 0 Å². The van der Waals surface area contributed by atoms with Gasteiger partial charge in [0.25, 0.3) is 0 Å². The normalized spacial score (nSPS) is 21.1. The van der Waals surface area contributed by atoms with Crippen LogP contribution in [0.15, 0.2) is 12.4 Å². The highest BCUT2D eigenvalue weighted by atomic mass is 35.5. The van der Waals surface area contributed by atoms with E-state index in [1.165, 1.54) is 12.8 Å². The fraction of sp³-hybridized carbons (Fsp3) is 0.636. The first-order valence-electron chi connectivity index (χ1n) is 5.55. The van der Waals surface area contributed by atoms with Gasteiger partial charge in [-0.2, -0.15) is 0 Å². The summed E-state index contributed by atoms with van der Waals surface area (Å²) in [5.74, 6) is 0.783. The topological polar surface area (TPSA) is 38.2 Å². The highest BCUT2D eigenvalue weighted by molar-refractivity contribution is 6.31. The number of hydrogen-bond acceptors (Lipinski definition) is 4. The molecule has 1 aromatic rings. The molecule has 4 nitrogen and oxygen atoms in total. The number of halogens is 1. The summed E-state index contributed by atoms with van der Waals surface area (Å²) in [7, 11) is 1.73. The van der Waals surface area contributed by atoms with Crippen molar-refractivity contribution in [2.75, 3.05) is 25.2 Å². The summed E-state index contributed by atoms with van der Waals surface area (Å²) >= 11 is 6.07. The Labute approximate surface area is 101 Å². The van der Waals surface area contributed by atoms with Crippen LogP contribution in [0.4, 0.5) is 5.82 Å². The molecule has 0 amide bonds. The maximum atomic E-state index is 6.07. The molecular weight excluding hydrogens is 226 g/mol. The van der Waals surface area contributed by atoms with E-state index in [2.05, 4.69) is 14.9 Å². The Hall–Kier alpha value is -0.870. The molecule has 0 radical (unpaired) electrons. The fourth-order valence-corrected chi connectivity index (χ4v) is 2.37. The average Bonchev–Trinajstić information content (AvgIpc) is 2.31. The lowest BCUT2D eigenvalue weighted by molar-refractivity contribution is 0.166. The minimum absolute atomic E-state index is 0.368. The van der Waals surface area contributed by atoms with Gasteiger partial charge in [-0.05, 0) is 19.3 Å². The third kappa shape index (κ3) is 2.44. The molecule has 0 aliphatic carbocycles. The first-order chi connectivity index (χ1) is 7.83. The zero-order valence-electron chi connectivity index (χ0n) is 9.40. The summed E-state index contributed by atoms with van der Waals surface area (Å²) < 4.78 is 5.24. The van der Waals surface area contributed by atoms with E-state index in [0.29, 0.717) is 17.8 Å². The van der Waals surface area contributed by atoms with Crippen molar-refractivity contribution in [3.8, 4) is 0 Å². The van der Waals surface area contributed by atoms with Crippen LogP contribution in [0.1, 0.15) is 19.3 Å². The molecule has 1 aromatic heterocycles. The summed E-state index contributed by atoms with van der Waals surface area (Å²) in [5.41, 5.74) is 0. The Bertz CT molecular complexity index is 346. The Kier molecular flexibility index (Phi) is 3.96. The Morgan fingerprint density at radius 2 is 2.25 bits per heavy atom. The lowest BCUT2D eigenvalue weighted by Crippen LogP contribution is -2.43. The lowest BCUT2D eigenvalue weighted by Gasteiger charge is -2.36. The van der Waals surface area contributed by atoms with Gasteiger partial charge in [-0.3, -0.25) is 0 Å². The average molecular weight is 242 g/mol. The lowest BCUT2D eigenvalue weighted by atomic mass is 10.0. The summed E-state index contributed by atoms with van der Waals surface area (Å²) in [5, 5.41) is 0.477. The predicted molar refractivity (Wildman–Crippen MR) is 63.9 cm³/mol. The van der Waals surface area contributed by atoms with Crippen molar-refractivity contribution in [3.63, 3.8) is 0 Å². The molecule has 1 fully saturated rings. The summed E-state index contributed by atoms with van der Waals surface area (Å²) in [4.78, 5) is 10.6. The molecule has 16 heavy (non-hydrogen) atoms. The van der Waals surface area contributed by atoms with E-state index in [1.54, 1.807) is 19.5 Å². The standard InChI is InChI=1S/C11H16ClN3O/c1-16-8-9-4-2-3-7-15(9)11-10(12)13-5-6-14-11/h5-6,9H,2-4,7-8H2,1H3/t9-/m1/s1. The van der Waals surface area contributed by atoms with Crippen LogP contribution in [0.2, 0.25) is 5.15 Å². The minimum Gasteiger partial charge on any atom is -0.383 e. The van der Waals surface area contributed by atoms with Gasteiger partial charge < -0.3 is 9.64 Å². The van der Waals surface area contributed by atoms with Gasteiger partial charge in [0.15, 0.2) is 11.0 Å². The highest BCUT2D eigenvalue weighted by Gasteiger charge is 2.25. The van der Waals surface area contributed by atoms with Crippen molar-refractivity contribution in [1.29, 1.82) is 0 Å². The predicted octanol–water partition coefficient (Wildman–Crippen LogP) is 2.14. The molecule has 2 heterocycles. The van der Waals surface area contributed by atoms with Crippen LogP contribution in [0.25, 0.3) is 0 Å². The van der Waals surface area contributed by atoms with Crippen molar-refractivity contribution < 1.29 is 4.74 Å². The second-order valence-corrected chi connectivity index (χ2v) is 4.33. The smallest absolute Gasteiger partial charge is 0.171 e. The van der Waals surface area contributed by atoms with Crippen LogP contribution in [0.5, 0.6) is 0 Å². The highest BCUT2D eigenvalue weighted by Crippen LogP contribution is 2.27. The van der Waals surface area contributed by atoms with Gasteiger partial charge >= 0.3 is 0 Å².